The van der Waals surface area contributed by atoms with Gasteiger partial charge in [-0.3, -0.25) is 9.59 Å². The number of dihydropyridines is 1. The Hall–Kier alpha value is -3.16. The minimum absolute atomic E-state index is 0.101. The van der Waals surface area contributed by atoms with Crippen molar-refractivity contribution in [3.05, 3.63) is 41.2 Å². The number of phenolic OH excluding ortho intramolecular Hbond substituents is 1. The number of esters is 2. The summed E-state index contributed by atoms with van der Waals surface area (Å²) in [6.07, 6.45) is 12.9. The maximum Gasteiger partial charge on any atom is 0.302 e. The van der Waals surface area contributed by atoms with Crippen molar-refractivity contribution >= 4 is 17.5 Å². The lowest BCUT2D eigenvalue weighted by atomic mass is 9.92. The van der Waals surface area contributed by atoms with Crippen LogP contribution >= 0.6 is 0 Å². The van der Waals surface area contributed by atoms with Crippen LogP contribution in [0.1, 0.15) is 96.1 Å². The lowest BCUT2D eigenvalue weighted by Crippen LogP contribution is -2.27. The fraction of sp³-hybridized carbons (Fsp3) is 0.600. The van der Waals surface area contributed by atoms with Crippen LogP contribution in [0.25, 0.3) is 5.57 Å². The summed E-state index contributed by atoms with van der Waals surface area (Å²) < 4.78 is 17.4. The van der Waals surface area contributed by atoms with Gasteiger partial charge in [0.2, 0.25) is 0 Å². The summed E-state index contributed by atoms with van der Waals surface area (Å²) in [6.45, 7) is 5.53. The first-order chi connectivity index (χ1) is 18.2. The van der Waals surface area contributed by atoms with E-state index in [0.717, 1.165) is 68.1 Å². The van der Waals surface area contributed by atoms with Crippen molar-refractivity contribution in [2.75, 3.05) is 6.54 Å². The van der Waals surface area contributed by atoms with Gasteiger partial charge in [0.15, 0.2) is 11.5 Å². The standard InChI is InChI=1S/C30H44N2O6/c1-4-5-6-11-25(36-20(2)33)18-26(37-21(3)34)13-12-22-16-29(38-24-9-7-8-10-24)28(35)19-27(22)23-14-15-32-30(31)17-23/h14,16-17,19,24-26,32,35H,4-13,15,18,31H2,1-3H3/t25-,26+/m0/s1. The van der Waals surface area contributed by atoms with Crippen LogP contribution in [-0.4, -0.2) is 41.9 Å². The first kappa shape index (κ1) is 29.4. The molecule has 1 aliphatic carbocycles. The van der Waals surface area contributed by atoms with Crippen molar-refractivity contribution in [1.29, 1.82) is 0 Å². The number of carbonyl (C=O) groups is 2. The largest absolute Gasteiger partial charge is 0.504 e. The molecule has 0 aromatic heterocycles. The third-order valence-corrected chi connectivity index (χ3v) is 7.09. The van der Waals surface area contributed by atoms with Crippen LogP contribution in [-0.2, 0) is 25.5 Å². The van der Waals surface area contributed by atoms with Gasteiger partial charge < -0.3 is 30.4 Å². The number of nitrogens with one attached hydrogen (secondary N) is 1. The van der Waals surface area contributed by atoms with Gasteiger partial charge in [-0.15, -0.1) is 0 Å². The number of allylic oxidation sites excluding steroid dienone is 2. The monoisotopic (exact) mass is 528 g/mol. The third kappa shape index (κ3) is 9.30. The summed E-state index contributed by atoms with van der Waals surface area (Å²) >= 11 is 0. The molecule has 1 fully saturated rings. The van der Waals surface area contributed by atoms with Crippen molar-refractivity contribution in [1.82, 2.24) is 5.32 Å². The number of ether oxygens (including phenoxy) is 3. The Morgan fingerprint density at radius 2 is 1.76 bits per heavy atom. The molecule has 0 bridgehead atoms. The lowest BCUT2D eigenvalue weighted by molar-refractivity contribution is -0.153. The van der Waals surface area contributed by atoms with E-state index < -0.39 is 6.10 Å². The Balaban J connectivity index is 1.84. The maximum atomic E-state index is 12.0. The van der Waals surface area contributed by atoms with Gasteiger partial charge in [0.05, 0.1) is 11.9 Å². The van der Waals surface area contributed by atoms with E-state index in [-0.39, 0.29) is 29.9 Å². The molecule has 1 saturated carbocycles. The number of carbonyl (C=O) groups excluding carboxylic acids is 2. The Morgan fingerprint density at radius 1 is 1.08 bits per heavy atom. The van der Waals surface area contributed by atoms with E-state index in [2.05, 4.69) is 12.2 Å². The third-order valence-electron chi connectivity index (χ3n) is 7.09. The summed E-state index contributed by atoms with van der Waals surface area (Å²) in [7, 11) is 0. The molecule has 1 aromatic rings. The summed E-state index contributed by atoms with van der Waals surface area (Å²) in [5, 5.41) is 13.9. The molecule has 0 radical (unpaired) electrons. The van der Waals surface area contributed by atoms with E-state index in [1.807, 2.05) is 18.2 Å². The molecule has 38 heavy (non-hydrogen) atoms. The number of phenols is 1. The zero-order chi connectivity index (χ0) is 27.5. The van der Waals surface area contributed by atoms with Gasteiger partial charge in [0.25, 0.3) is 0 Å². The fourth-order valence-electron chi connectivity index (χ4n) is 5.26. The molecule has 210 valence electrons. The SMILES string of the molecule is CCCCC[C@@H](C[C@@H](CCc1cc(OC2CCCC2)c(O)cc1C1=CCNC(N)=C1)OC(C)=O)OC(C)=O. The summed E-state index contributed by atoms with van der Waals surface area (Å²) in [4.78, 5) is 23.7. The molecule has 8 heteroatoms. The molecule has 3 rings (SSSR count). The second-order valence-corrected chi connectivity index (χ2v) is 10.4. The first-order valence-electron chi connectivity index (χ1n) is 14.0. The molecule has 1 aliphatic heterocycles. The van der Waals surface area contributed by atoms with Gasteiger partial charge in [0, 0.05) is 26.8 Å². The normalized spacial score (nSPS) is 17.1. The van der Waals surface area contributed by atoms with Gasteiger partial charge in [-0.25, -0.2) is 0 Å². The van der Waals surface area contributed by atoms with Crippen molar-refractivity contribution < 1.29 is 28.9 Å². The quantitative estimate of drug-likeness (QED) is 0.221. The van der Waals surface area contributed by atoms with Crippen LogP contribution in [0.4, 0.5) is 0 Å². The molecule has 1 aromatic carbocycles. The molecule has 4 N–H and O–H groups in total. The summed E-state index contributed by atoms with van der Waals surface area (Å²) in [6, 6.07) is 3.65. The summed E-state index contributed by atoms with van der Waals surface area (Å²) in [5.74, 6) is 0.448. The van der Waals surface area contributed by atoms with E-state index in [9.17, 15) is 14.7 Å². The van der Waals surface area contributed by atoms with Gasteiger partial charge >= 0.3 is 11.9 Å². The van der Waals surface area contributed by atoms with E-state index in [4.69, 9.17) is 19.9 Å². The number of hydrogen-bond donors (Lipinski definition) is 3. The fourth-order valence-corrected chi connectivity index (χ4v) is 5.26. The van der Waals surface area contributed by atoms with Gasteiger partial charge in [0.1, 0.15) is 12.2 Å². The van der Waals surface area contributed by atoms with E-state index in [1.54, 1.807) is 6.07 Å². The molecule has 2 aliphatic rings. The predicted molar refractivity (Wildman–Crippen MR) is 147 cm³/mol. The minimum Gasteiger partial charge on any atom is -0.504 e. The lowest BCUT2D eigenvalue weighted by Gasteiger charge is -2.24. The minimum atomic E-state index is -0.415. The van der Waals surface area contributed by atoms with Gasteiger partial charge in [-0.2, -0.15) is 0 Å². The smallest absolute Gasteiger partial charge is 0.302 e. The molecule has 2 atom stereocenters. The van der Waals surface area contributed by atoms with Crippen LogP contribution in [0, 0.1) is 0 Å². The average molecular weight is 529 g/mol. The van der Waals surface area contributed by atoms with E-state index in [0.29, 0.717) is 37.4 Å². The highest BCUT2D eigenvalue weighted by molar-refractivity contribution is 5.79. The number of aryl methyl sites for hydroxylation is 1. The number of rotatable bonds is 14. The Bertz CT molecular complexity index is 1010. The number of benzene rings is 1. The molecular formula is C30H44N2O6. The van der Waals surface area contributed by atoms with Crippen LogP contribution < -0.4 is 15.8 Å². The molecule has 0 unspecified atom stereocenters. The van der Waals surface area contributed by atoms with Gasteiger partial charge in [-0.1, -0.05) is 25.8 Å². The van der Waals surface area contributed by atoms with Crippen molar-refractivity contribution in [3.63, 3.8) is 0 Å². The topological polar surface area (TPSA) is 120 Å². The molecule has 0 saturated heterocycles. The molecule has 1 heterocycles. The molecular weight excluding hydrogens is 484 g/mol. The van der Waals surface area contributed by atoms with Crippen LogP contribution in [0.15, 0.2) is 30.1 Å². The van der Waals surface area contributed by atoms with E-state index in [1.165, 1.54) is 13.8 Å². The first-order valence-corrected chi connectivity index (χ1v) is 14.0. The van der Waals surface area contributed by atoms with Crippen LogP contribution in [0.2, 0.25) is 0 Å². The van der Waals surface area contributed by atoms with Crippen molar-refractivity contribution in [3.8, 4) is 11.5 Å². The highest BCUT2D eigenvalue weighted by atomic mass is 16.6. The Kier molecular flexibility index (Phi) is 11.4. The number of unbranched alkanes of at least 4 members (excludes halogenated alkanes) is 2. The van der Waals surface area contributed by atoms with Crippen LogP contribution in [0.3, 0.4) is 0 Å². The summed E-state index contributed by atoms with van der Waals surface area (Å²) in [5.41, 5.74) is 8.79. The van der Waals surface area contributed by atoms with Crippen molar-refractivity contribution in [2.24, 2.45) is 5.73 Å². The maximum absolute atomic E-state index is 12.0. The van der Waals surface area contributed by atoms with Crippen LogP contribution in [0.5, 0.6) is 11.5 Å². The zero-order valence-electron chi connectivity index (χ0n) is 23.1. The zero-order valence-corrected chi connectivity index (χ0v) is 23.1. The number of nitrogens with two attached hydrogens (primary N) is 1. The highest BCUT2D eigenvalue weighted by Gasteiger charge is 2.24. The molecule has 0 spiro atoms. The van der Waals surface area contributed by atoms with Crippen molar-refractivity contribution in [2.45, 2.75) is 110 Å². The second kappa shape index (κ2) is 14.7. The molecule has 8 nitrogen and oxygen atoms in total. The Labute approximate surface area is 226 Å². The Morgan fingerprint density at radius 3 is 2.39 bits per heavy atom. The molecule has 0 amide bonds. The van der Waals surface area contributed by atoms with E-state index >= 15 is 0 Å². The second-order valence-electron chi connectivity index (χ2n) is 10.4. The number of aromatic hydroxyl groups is 1. The van der Waals surface area contributed by atoms with Gasteiger partial charge in [-0.05, 0) is 86.3 Å². The average Bonchev–Trinajstić information content (AvgIpc) is 3.36. The highest BCUT2D eigenvalue weighted by Crippen LogP contribution is 2.37. The number of hydrogen-bond acceptors (Lipinski definition) is 8. The predicted octanol–water partition coefficient (Wildman–Crippen LogP) is 5.27.